The maximum atomic E-state index is 11.4. The van der Waals surface area contributed by atoms with Gasteiger partial charge in [0.2, 0.25) is 0 Å². The van der Waals surface area contributed by atoms with E-state index in [1.54, 1.807) is 13.8 Å². The number of benzene rings is 1. The lowest BCUT2D eigenvalue weighted by molar-refractivity contribution is -0.152. The summed E-state index contributed by atoms with van der Waals surface area (Å²) in [6.45, 7) is 7.50. The zero-order chi connectivity index (χ0) is 16.7. The molecule has 5 nitrogen and oxygen atoms in total. The van der Waals surface area contributed by atoms with Gasteiger partial charge >= 0.3 is 5.97 Å². The summed E-state index contributed by atoms with van der Waals surface area (Å²) >= 11 is 0. The Morgan fingerprint density at radius 2 is 1.67 bits per heavy atom. The van der Waals surface area contributed by atoms with Gasteiger partial charge in [0, 0.05) is 10.7 Å². The van der Waals surface area contributed by atoms with Crippen molar-refractivity contribution >= 4 is 25.7 Å². The third-order valence-corrected chi connectivity index (χ3v) is 3.81. The van der Waals surface area contributed by atoms with Gasteiger partial charge in [0.05, 0.1) is 17.4 Å². The molecule has 1 aromatic carbocycles. The Hall–Kier alpha value is -1.27. The van der Waals surface area contributed by atoms with E-state index in [9.17, 15) is 13.2 Å². The Bertz CT molecular complexity index is 549. The van der Waals surface area contributed by atoms with E-state index in [4.69, 9.17) is 15.4 Å². The summed E-state index contributed by atoms with van der Waals surface area (Å²) < 4.78 is 32.2. The van der Waals surface area contributed by atoms with Crippen LogP contribution in [-0.4, -0.2) is 28.1 Å². The predicted octanol–water partition coefficient (Wildman–Crippen LogP) is 3.22. The Labute approximate surface area is 130 Å². The monoisotopic (exact) mass is 336 g/mol. The van der Waals surface area contributed by atoms with Gasteiger partial charge in [-0.15, -0.1) is 0 Å². The van der Waals surface area contributed by atoms with E-state index >= 15 is 0 Å². The van der Waals surface area contributed by atoms with Crippen molar-refractivity contribution in [3.8, 4) is 5.75 Å². The molecule has 0 atom stereocenters. The number of esters is 1. The van der Waals surface area contributed by atoms with Gasteiger partial charge < -0.3 is 9.47 Å². The van der Waals surface area contributed by atoms with E-state index in [0.29, 0.717) is 5.75 Å². The maximum Gasteiger partial charge on any atom is 0.314 e. The van der Waals surface area contributed by atoms with Gasteiger partial charge in [-0.05, 0) is 38.1 Å². The van der Waals surface area contributed by atoms with Crippen molar-refractivity contribution in [2.45, 2.75) is 32.6 Å². The Morgan fingerprint density at radius 3 is 2.05 bits per heavy atom. The Balaban J connectivity index is 0.00000191. The minimum absolute atomic E-state index is 0.00579. The van der Waals surface area contributed by atoms with Crippen molar-refractivity contribution in [1.82, 2.24) is 0 Å². The lowest BCUT2D eigenvalue weighted by Gasteiger charge is -2.21. The van der Waals surface area contributed by atoms with Crippen molar-refractivity contribution in [2.75, 3.05) is 13.7 Å². The average molecular weight is 337 g/mol. The van der Waals surface area contributed by atoms with E-state index < -0.39 is 14.5 Å². The summed E-state index contributed by atoms with van der Waals surface area (Å²) in [4.78, 5) is 11.4. The molecule has 0 heterocycles. The number of hydrogen-bond donors (Lipinski definition) is 0. The highest BCUT2D eigenvalue weighted by Crippen LogP contribution is 2.22. The fourth-order valence-electron chi connectivity index (χ4n) is 1.30. The summed E-state index contributed by atoms with van der Waals surface area (Å²) in [7, 11) is 2.76. The molecule has 21 heavy (non-hydrogen) atoms. The average Bonchev–Trinajstić information content (AvgIpc) is 2.46. The van der Waals surface area contributed by atoms with Gasteiger partial charge in [-0.25, -0.2) is 8.42 Å². The van der Waals surface area contributed by atoms with Crippen LogP contribution in [0.2, 0.25) is 0 Å². The quantitative estimate of drug-likeness (QED) is 0.610. The maximum absolute atomic E-state index is 11.4. The molecule has 0 aliphatic heterocycles. The zero-order valence-corrected chi connectivity index (χ0v) is 14.4. The summed E-state index contributed by atoms with van der Waals surface area (Å²) in [6, 6.07) is 5.62. The van der Waals surface area contributed by atoms with Gasteiger partial charge in [-0.3, -0.25) is 4.79 Å². The highest BCUT2D eigenvalue weighted by Gasteiger charge is 2.29. The first-order valence-corrected chi connectivity index (χ1v) is 8.74. The van der Waals surface area contributed by atoms with Crippen LogP contribution < -0.4 is 4.74 Å². The SMILES string of the molecule is CC.COC(=O)C(C)(C)COc1ccc(S(=O)(=O)Cl)cc1. The fourth-order valence-corrected chi connectivity index (χ4v) is 2.07. The van der Waals surface area contributed by atoms with Crippen molar-refractivity contribution in [3.63, 3.8) is 0 Å². The molecule has 120 valence electrons. The Morgan fingerprint density at radius 1 is 1.19 bits per heavy atom. The molecule has 0 spiro atoms. The van der Waals surface area contributed by atoms with E-state index in [1.807, 2.05) is 13.8 Å². The van der Waals surface area contributed by atoms with Gasteiger partial charge in [0.1, 0.15) is 12.4 Å². The van der Waals surface area contributed by atoms with Crippen molar-refractivity contribution in [3.05, 3.63) is 24.3 Å². The van der Waals surface area contributed by atoms with Crippen molar-refractivity contribution in [1.29, 1.82) is 0 Å². The van der Waals surface area contributed by atoms with Crippen molar-refractivity contribution < 1.29 is 22.7 Å². The molecule has 0 amide bonds. The van der Waals surface area contributed by atoms with Crippen LogP contribution in [0.25, 0.3) is 0 Å². The molecule has 1 rings (SSSR count). The predicted molar refractivity (Wildman–Crippen MR) is 82.1 cm³/mol. The van der Waals surface area contributed by atoms with Gasteiger partial charge in [0.15, 0.2) is 0 Å². The van der Waals surface area contributed by atoms with E-state index in [1.165, 1.54) is 31.4 Å². The van der Waals surface area contributed by atoms with Crippen LogP contribution in [0.1, 0.15) is 27.7 Å². The third-order valence-electron chi connectivity index (χ3n) is 2.44. The molecule has 0 aliphatic rings. The van der Waals surface area contributed by atoms with E-state index in [0.717, 1.165) is 0 Å². The minimum Gasteiger partial charge on any atom is -0.492 e. The smallest absolute Gasteiger partial charge is 0.314 e. The summed E-state index contributed by atoms with van der Waals surface area (Å²) in [6.07, 6.45) is 0. The number of hydrogen-bond acceptors (Lipinski definition) is 5. The second-order valence-electron chi connectivity index (χ2n) is 4.57. The van der Waals surface area contributed by atoms with Crippen LogP contribution in [0.15, 0.2) is 29.2 Å². The number of carbonyl (C=O) groups excluding carboxylic acids is 1. The second-order valence-corrected chi connectivity index (χ2v) is 7.14. The summed E-state index contributed by atoms with van der Waals surface area (Å²) in [5.74, 6) is 0.0634. The molecule has 0 unspecified atom stereocenters. The van der Waals surface area contributed by atoms with Crippen LogP contribution in [0.3, 0.4) is 0 Å². The lowest BCUT2D eigenvalue weighted by atomic mass is 9.95. The molecule has 0 aromatic heterocycles. The largest absolute Gasteiger partial charge is 0.492 e. The minimum atomic E-state index is -3.74. The summed E-state index contributed by atoms with van der Waals surface area (Å²) in [5, 5.41) is 0. The zero-order valence-electron chi connectivity index (χ0n) is 12.8. The molecule has 0 N–H and O–H groups in total. The Kier molecular flexibility index (Phi) is 7.74. The highest BCUT2D eigenvalue weighted by molar-refractivity contribution is 8.13. The van der Waals surface area contributed by atoms with Crippen LogP contribution in [0.4, 0.5) is 0 Å². The van der Waals surface area contributed by atoms with Crippen LogP contribution >= 0.6 is 10.7 Å². The standard InChI is InChI=1S/C12H15ClO5S.C2H6/c1-12(2,11(14)17-3)8-18-9-4-6-10(7-5-9)19(13,15)16;1-2/h4-7H,8H2,1-3H3;1-2H3. The molecule has 0 bridgehead atoms. The molecule has 0 saturated carbocycles. The molecular formula is C14H21ClO5S. The van der Waals surface area contributed by atoms with Gasteiger partial charge in [0.25, 0.3) is 9.05 Å². The molecule has 7 heteroatoms. The van der Waals surface area contributed by atoms with E-state index in [2.05, 4.69) is 4.74 Å². The number of halogens is 1. The summed E-state index contributed by atoms with van der Waals surface area (Å²) in [5.41, 5.74) is -0.786. The second kappa shape index (κ2) is 8.24. The van der Waals surface area contributed by atoms with Crippen LogP contribution in [0.5, 0.6) is 5.75 Å². The number of methoxy groups -OCH3 is 1. The van der Waals surface area contributed by atoms with Gasteiger partial charge in [-0.1, -0.05) is 13.8 Å². The number of ether oxygens (including phenoxy) is 2. The first kappa shape index (κ1) is 19.7. The van der Waals surface area contributed by atoms with Crippen LogP contribution in [-0.2, 0) is 18.6 Å². The normalized spacial score (nSPS) is 11.1. The topological polar surface area (TPSA) is 69.7 Å². The van der Waals surface area contributed by atoms with E-state index in [-0.39, 0.29) is 17.5 Å². The third kappa shape index (κ3) is 6.35. The van der Waals surface area contributed by atoms with Gasteiger partial charge in [-0.2, -0.15) is 0 Å². The molecular weight excluding hydrogens is 316 g/mol. The first-order chi connectivity index (χ1) is 9.66. The molecule has 0 aliphatic carbocycles. The number of carbonyl (C=O) groups is 1. The highest BCUT2D eigenvalue weighted by atomic mass is 35.7. The lowest BCUT2D eigenvalue weighted by Crippen LogP contribution is -2.32. The molecule has 0 saturated heterocycles. The van der Waals surface area contributed by atoms with Crippen molar-refractivity contribution in [2.24, 2.45) is 5.41 Å². The molecule has 0 fully saturated rings. The molecule has 0 radical (unpaired) electrons. The number of rotatable bonds is 5. The molecule has 1 aromatic rings. The first-order valence-electron chi connectivity index (χ1n) is 6.43. The van der Waals surface area contributed by atoms with Crippen LogP contribution in [0, 0.1) is 5.41 Å². The fraction of sp³-hybridized carbons (Fsp3) is 0.500.